The van der Waals surface area contributed by atoms with Crippen molar-refractivity contribution in [1.82, 2.24) is 4.98 Å². The number of carbonyl (C=O) groups is 1. The molecule has 0 bridgehead atoms. The highest BCUT2D eigenvalue weighted by atomic mass is 35.5. The molecule has 2 heterocycles. The molecule has 1 N–H and O–H groups in total. The third-order valence-corrected chi connectivity index (χ3v) is 4.48. The van der Waals surface area contributed by atoms with Gasteiger partial charge in [0.15, 0.2) is 5.76 Å². The van der Waals surface area contributed by atoms with Crippen molar-refractivity contribution in [3.8, 4) is 0 Å². The lowest BCUT2D eigenvalue weighted by atomic mass is 10.2. The molecule has 7 heteroatoms. The third kappa shape index (κ3) is 3.64. The summed E-state index contributed by atoms with van der Waals surface area (Å²) in [5.41, 5.74) is 0.381. The van der Waals surface area contributed by atoms with Crippen LogP contribution in [0.1, 0.15) is 16.1 Å². The van der Waals surface area contributed by atoms with Gasteiger partial charge >= 0.3 is 0 Å². The Labute approximate surface area is 144 Å². The van der Waals surface area contributed by atoms with E-state index in [1.165, 1.54) is 12.3 Å². The highest BCUT2D eigenvalue weighted by Crippen LogP contribution is 2.21. The van der Waals surface area contributed by atoms with Gasteiger partial charge in [0.05, 0.1) is 15.5 Å². The highest BCUT2D eigenvalue weighted by molar-refractivity contribution is 7.07. The third-order valence-electron chi connectivity index (χ3n) is 2.96. The van der Waals surface area contributed by atoms with Gasteiger partial charge in [-0.05, 0) is 35.9 Å². The summed E-state index contributed by atoms with van der Waals surface area (Å²) in [7, 11) is 0. The Kier molecular flexibility index (Phi) is 4.52. The van der Waals surface area contributed by atoms with Crippen molar-refractivity contribution in [2.45, 2.75) is 0 Å². The summed E-state index contributed by atoms with van der Waals surface area (Å²) in [6.07, 6.45) is 4.39. The second kappa shape index (κ2) is 6.58. The summed E-state index contributed by atoms with van der Waals surface area (Å²) in [4.78, 5) is 26.6. The molecular formula is C16H9Cl2NO3S. The van der Waals surface area contributed by atoms with Gasteiger partial charge in [-0.3, -0.25) is 9.59 Å². The molecule has 116 valence electrons. The van der Waals surface area contributed by atoms with Crippen LogP contribution in [0.5, 0.6) is 0 Å². The first-order valence-corrected chi connectivity index (χ1v) is 8.05. The average molecular weight is 366 g/mol. The second-order valence-electron chi connectivity index (χ2n) is 4.58. The number of hydrogen-bond acceptors (Lipinski definition) is 4. The van der Waals surface area contributed by atoms with Crippen LogP contribution >= 0.6 is 34.5 Å². The van der Waals surface area contributed by atoms with Crippen LogP contribution in [-0.2, 0) is 0 Å². The lowest BCUT2D eigenvalue weighted by Gasteiger charge is -1.97. The quantitative estimate of drug-likeness (QED) is 0.725. The Morgan fingerprint density at radius 2 is 2.09 bits per heavy atom. The maximum atomic E-state index is 12.0. The molecule has 0 radical (unpaired) electrons. The second-order valence-corrected chi connectivity index (χ2v) is 6.51. The molecule has 0 unspecified atom stereocenters. The first-order chi connectivity index (χ1) is 11.0. The Morgan fingerprint density at radius 1 is 1.26 bits per heavy atom. The zero-order valence-electron chi connectivity index (χ0n) is 11.5. The van der Waals surface area contributed by atoms with Gasteiger partial charge in [-0.1, -0.05) is 29.3 Å². The number of halogens is 2. The first kappa shape index (κ1) is 15.8. The van der Waals surface area contributed by atoms with Crippen LogP contribution in [0, 0.1) is 0 Å². The fourth-order valence-electron chi connectivity index (χ4n) is 1.89. The number of ketones is 1. The fraction of sp³-hybridized carbons (Fsp3) is 0. The van der Waals surface area contributed by atoms with Crippen molar-refractivity contribution in [3.63, 3.8) is 0 Å². The zero-order valence-corrected chi connectivity index (χ0v) is 13.8. The SMILES string of the molecule is O=C(/C=c1/[nH]c(=O)/c(=C/c2ccc(Cl)cc2Cl)s1)c1ccco1. The molecule has 0 saturated carbocycles. The van der Waals surface area contributed by atoms with Crippen LogP contribution in [0.4, 0.5) is 0 Å². The van der Waals surface area contributed by atoms with Crippen molar-refractivity contribution in [2.24, 2.45) is 0 Å². The maximum Gasteiger partial charge on any atom is 0.266 e. The molecule has 0 amide bonds. The Hall–Kier alpha value is -2.08. The minimum absolute atomic E-state index is 0.213. The first-order valence-electron chi connectivity index (χ1n) is 6.48. The van der Waals surface area contributed by atoms with Crippen LogP contribution in [0.15, 0.2) is 45.8 Å². The molecule has 23 heavy (non-hydrogen) atoms. The molecule has 0 atom stereocenters. The number of H-pyrrole nitrogens is 1. The van der Waals surface area contributed by atoms with Crippen LogP contribution in [-0.4, -0.2) is 10.8 Å². The molecule has 4 nitrogen and oxygen atoms in total. The van der Waals surface area contributed by atoms with Crippen molar-refractivity contribution < 1.29 is 9.21 Å². The minimum atomic E-state index is -0.316. The van der Waals surface area contributed by atoms with Gasteiger partial charge in [0.25, 0.3) is 5.56 Å². The number of hydrogen-bond donors (Lipinski definition) is 1. The van der Waals surface area contributed by atoms with Crippen molar-refractivity contribution in [3.05, 3.63) is 77.5 Å². The summed E-state index contributed by atoms with van der Waals surface area (Å²) in [6, 6.07) is 8.20. The molecule has 0 saturated heterocycles. The molecule has 2 aromatic heterocycles. The van der Waals surface area contributed by atoms with Crippen LogP contribution in [0.25, 0.3) is 12.2 Å². The van der Waals surface area contributed by atoms with Crippen molar-refractivity contribution in [1.29, 1.82) is 0 Å². The fourth-order valence-corrected chi connectivity index (χ4v) is 3.23. The Bertz CT molecular complexity index is 1030. The van der Waals surface area contributed by atoms with Crippen LogP contribution in [0.3, 0.4) is 0 Å². The number of benzene rings is 1. The number of carbonyl (C=O) groups excluding carboxylic acids is 1. The number of thiazole rings is 1. The number of furan rings is 1. The number of aromatic nitrogens is 1. The van der Waals surface area contributed by atoms with Gasteiger partial charge in [-0.2, -0.15) is 0 Å². The van der Waals surface area contributed by atoms with E-state index in [9.17, 15) is 9.59 Å². The minimum Gasteiger partial charge on any atom is -0.461 e. The summed E-state index contributed by atoms with van der Waals surface area (Å²) >= 11 is 13.1. The Balaban J connectivity index is 2.03. The predicted molar refractivity (Wildman–Crippen MR) is 91.7 cm³/mol. The molecule has 0 aliphatic heterocycles. The molecular weight excluding hydrogens is 357 g/mol. The topological polar surface area (TPSA) is 63.1 Å². The normalized spacial score (nSPS) is 12.8. The van der Waals surface area contributed by atoms with Gasteiger partial charge < -0.3 is 9.40 Å². The van der Waals surface area contributed by atoms with Crippen LogP contribution < -0.4 is 14.8 Å². The number of nitrogens with one attached hydrogen (secondary N) is 1. The molecule has 0 fully saturated rings. The van der Waals surface area contributed by atoms with E-state index in [-0.39, 0.29) is 17.1 Å². The largest absolute Gasteiger partial charge is 0.461 e. The Morgan fingerprint density at radius 3 is 2.78 bits per heavy atom. The highest BCUT2D eigenvalue weighted by Gasteiger charge is 2.06. The molecule has 3 rings (SSSR count). The average Bonchev–Trinajstić information content (AvgIpc) is 3.12. The van der Waals surface area contributed by atoms with E-state index >= 15 is 0 Å². The van der Waals surface area contributed by atoms with Gasteiger partial charge in [-0.25, -0.2) is 0 Å². The van der Waals surface area contributed by atoms with E-state index in [4.69, 9.17) is 27.6 Å². The summed E-state index contributed by atoms with van der Waals surface area (Å²) in [5.74, 6) is -0.103. The van der Waals surface area contributed by atoms with E-state index in [1.54, 1.807) is 36.4 Å². The van der Waals surface area contributed by atoms with E-state index in [0.29, 0.717) is 24.8 Å². The molecule has 0 aliphatic rings. The molecule has 0 aliphatic carbocycles. The standard InChI is InChI=1S/C16H9Cl2NO3S/c17-10-4-3-9(11(18)7-10)6-14-16(21)19-15(23-14)8-12(20)13-2-1-5-22-13/h1-8H,(H,19,21)/b14-6-,15-8-. The van der Waals surface area contributed by atoms with E-state index in [2.05, 4.69) is 4.98 Å². The maximum absolute atomic E-state index is 12.0. The van der Waals surface area contributed by atoms with E-state index in [1.807, 2.05) is 0 Å². The van der Waals surface area contributed by atoms with Gasteiger partial charge in [0.1, 0.15) is 0 Å². The van der Waals surface area contributed by atoms with Gasteiger partial charge in [0.2, 0.25) is 5.78 Å². The molecule has 1 aromatic carbocycles. The zero-order chi connectivity index (χ0) is 16.4. The molecule has 0 spiro atoms. The van der Waals surface area contributed by atoms with Crippen molar-refractivity contribution in [2.75, 3.05) is 0 Å². The van der Waals surface area contributed by atoms with Crippen molar-refractivity contribution >= 4 is 52.5 Å². The number of rotatable bonds is 3. The summed E-state index contributed by atoms with van der Waals surface area (Å²) in [5, 5.41) is 0.966. The van der Waals surface area contributed by atoms with E-state index < -0.39 is 0 Å². The lowest BCUT2D eigenvalue weighted by Crippen LogP contribution is -2.20. The summed E-state index contributed by atoms with van der Waals surface area (Å²) in [6.45, 7) is 0. The van der Waals surface area contributed by atoms with Gasteiger partial charge in [-0.15, -0.1) is 11.3 Å². The lowest BCUT2D eigenvalue weighted by molar-refractivity contribution is 0.103. The number of Topliss-reactive ketones (excluding diaryl/α,β-unsaturated/α-hetero) is 1. The summed E-state index contributed by atoms with van der Waals surface area (Å²) < 4.78 is 5.90. The smallest absolute Gasteiger partial charge is 0.266 e. The predicted octanol–water partition coefficient (Wildman–Crippen LogP) is 2.83. The monoisotopic (exact) mass is 365 g/mol. The number of aromatic amines is 1. The van der Waals surface area contributed by atoms with Gasteiger partial charge in [0, 0.05) is 16.1 Å². The van der Waals surface area contributed by atoms with Crippen LogP contribution in [0.2, 0.25) is 10.0 Å². The van der Waals surface area contributed by atoms with E-state index in [0.717, 1.165) is 11.3 Å². The molecule has 3 aromatic rings.